The van der Waals surface area contributed by atoms with Gasteiger partial charge in [0, 0.05) is 43.4 Å². The molecule has 3 rings (SSSR count). The largest absolute Gasteiger partial charge is 0.497 e. The van der Waals surface area contributed by atoms with Gasteiger partial charge < -0.3 is 19.3 Å². The SMILES string of the molecule is COc1ccc(C(=O)N2CCN(c3cc(OC)ccc3[C]=O)CC2)cc1. The van der Waals surface area contributed by atoms with Gasteiger partial charge in [-0.2, -0.15) is 0 Å². The Bertz CT molecular complexity index is 781. The van der Waals surface area contributed by atoms with E-state index in [-0.39, 0.29) is 5.91 Å². The fraction of sp³-hybridized carbons (Fsp3) is 0.300. The van der Waals surface area contributed by atoms with E-state index in [4.69, 9.17) is 9.47 Å². The number of nitrogens with zero attached hydrogens (tertiary/aromatic N) is 2. The van der Waals surface area contributed by atoms with Gasteiger partial charge in [0.2, 0.25) is 6.29 Å². The summed E-state index contributed by atoms with van der Waals surface area (Å²) in [6.45, 7) is 2.45. The second kappa shape index (κ2) is 7.91. The predicted molar refractivity (Wildman–Crippen MR) is 98.9 cm³/mol. The van der Waals surface area contributed by atoms with Gasteiger partial charge in [-0.15, -0.1) is 0 Å². The van der Waals surface area contributed by atoms with Crippen LogP contribution in [0.5, 0.6) is 11.5 Å². The van der Waals surface area contributed by atoms with Gasteiger partial charge in [0.25, 0.3) is 5.91 Å². The second-order valence-electron chi connectivity index (χ2n) is 5.99. The monoisotopic (exact) mass is 353 g/mol. The summed E-state index contributed by atoms with van der Waals surface area (Å²) < 4.78 is 10.4. The predicted octanol–water partition coefficient (Wildman–Crippen LogP) is 2.12. The van der Waals surface area contributed by atoms with Crippen LogP contribution in [0.2, 0.25) is 0 Å². The van der Waals surface area contributed by atoms with Crippen molar-refractivity contribution in [1.29, 1.82) is 0 Å². The lowest BCUT2D eigenvalue weighted by Crippen LogP contribution is -2.49. The van der Waals surface area contributed by atoms with E-state index in [0.29, 0.717) is 43.1 Å². The number of carbonyl (C=O) groups is 1. The number of methoxy groups -OCH3 is 2. The fourth-order valence-electron chi connectivity index (χ4n) is 3.05. The number of ether oxygens (including phenoxy) is 2. The average molecular weight is 353 g/mol. The lowest BCUT2D eigenvalue weighted by atomic mass is 10.1. The van der Waals surface area contributed by atoms with Crippen molar-refractivity contribution in [3.8, 4) is 11.5 Å². The third-order valence-electron chi connectivity index (χ3n) is 4.56. The van der Waals surface area contributed by atoms with E-state index in [9.17, 15) is 9.59 Å². The summed E-state index contributed by atoms with van der Waals surface area (Å²) >= 11 is 0. The molecule has 0 aliphatic carbocycles. The second-order valence-corrected chi connectivity index (χ2v) is 5.99. The molecule has 135 valence electrons. The van der Waals surface area contributed by atoms with Crippen molar-refractivity contribution in [2.75, 3.05) is 45.3 Å². The van der Waals surface area contributed by atoms with Crippen LogP contribution < -0.4 is 14.4 Å². The zero-order chi connectivity index (χ0) is 18.5. The number of benzene rings is 2. The first kappa shape index (κ1) is 17.8. The number of amides is 1. The van der Waals surface area contributed by atoms with E-state index < -0.39 is 0 Å². The highest BCUT2D eigenvalue weighted by Gasteiger charge is 2.24. The van der Waals surface area contributed by atoms with E-state index in [2.05, 4.69) is 4.90 Å². The normalized spacial score (nSPS) is 14.1. The highest BCUT2D eigenvalue weighted by Crippen LogP contribution is 2.26. The quantitative estimate of drug-likeness (QED) is 0.824. The molecule has 2 aromatic rings. The minimum absolute atomic E-state index is 0.000110. The van der Waals surface area contributed by atoms with Crippen molar-refractivity contribution < 1.29 is 19.1 Å². The molecule has 0 atom stereocenters. The standard InChI is InChI=1S/C20H21N2O4/c1-25-17-6-3-15(4-7-17)20(24)22-11-9-21(10-12-22)19-13-18(26-2)8-5-16(19)14-23/h3-8,13H,9-12H2,1-2H3. The Morgan fingerprint density at radius 1 is 0.923 bits per heavy atom. The van der Waals surface area contributed by atoms with Crippen LogP contribution in [0.1, 0.15) is 15.9 Å². The summed E-state index contributed by atoms with van der Waals surface area (Å²) in [7, 11) is 3.19. The molecule has 0 saturated carbocycles. The van der Waals surface area contributed by atoms with Crippen molar-refractivity contribution in [2.24, 2.45) is 0 Å². The van der Waals surface area contributed by atoms with Crippen molar-refractivity contribution in [3.63, 3.8) is 0 Å². The summed E-state index contributed by atoms with van der Waals surface area (Å²) in [4.78, 5) is 27.8. The van der Waals surface area contributed by atoms with E-state index >= 15 is 0 Å². The minimum Gasteiger partial charge on any atom is -0.497 e. The van der Waals surface area contributed by atoms with Crippen molar-refractivity contribution >= 4 is 17.9 Å². The first-order chi connectivity index (χ1) is 12.7. The number of hydrogen-bond acceptors (Lipinski definition) is 5. The molecule has 26 heavy (non-hydrogen) atoms. The molecule has 1 heterocycles. The maximum absolute atomic E-state index is 12.7. The Morgan fingerprint density at radius 3 is 2.12 bits per heavy atom. The van der Waals surface area contributed by atoms with Gasteiger partial charge in [0.1, 0.15) is 11.5 Å². The minimum atomic E-state index is 0.000110. The molecule has 6 nitrogen and oxygen atoms in total. The Labute approximate surface area is 152 Å². The van der Waals surface area contributed by atoms with Crippen LogP contribution in [0.15, 0.2) is 42.5 Å². The van der Waals surface area contributed by atoms with E-state index in [1.54, 1.807) is 50.6 Å². The van der Waals surface area contributed by atoms with Gasteiger partial charge in [-0.05, 0) is 36.4 Å². The van der Waals surface area contributed by atoms with Crippen LogP contribution in [-0.2, 0) is 4.79 Å². The molecule has 1 aliphatic rings. The lowest BCUT2D eigenvalue weighted by molar-refractivity contribution is 0.0746. The van der Waals surface area contributed by atoms with Gasteiger partial charge in [0.05, 0.1) is 19.9 Å². The van der Waals surface area contributed by atoms with Crippen molar-refractivity contribution in [2.45, 2.75) is 0 Å². The summed E-state index contributed by atoms with van der Waals surface area (Å²) in [5.74, 6) is 1.41. The van der Waals surface area contributed by atoms with Crippen LogP contribution in [0.4, 0.5) is 5.69 Å². The zero-order valence-electron chi connectivity index (χ0n) is 14.9. The van der Waals surface area contributed by atoms with Crippen LogP contribution in [0, 0.1) is 0 Å². The lowest BCUT2D eigenvalue weighted by Gasteiger charge is -2.36. The molecule has 1 saturated heterocycles. The Kier molecular flexibility index (Phi) is 5.41. The third kappa shape index (κ3) is 3.64. The summed E-state index contributed by atoms with van der Waals surface area (Å²) in [5, 5.41) is 0. The van der Waals surface area contributed by atoms with Crippen LogP contribution in [-0.4, -0.2) is 57.5 Å². The molecule has 0 aromatic heterocycles. The molecule has 1 amide bonds. The van der Waals surface area contributed by atoms with Crippen LogP contribution in [0.25, 0.3) is 0 Å². The molecule has 0 unspecified atom stereocenters. The van der Waals surface area contributed by atoms with Gasteiger partial charge in [-0.25, -0.2) is 0 Å². The summed E-state index contributed by atoms with van der Waals surface area (Å²) in [6, 6.07) is 12.4. The first-order valence-electron chi connectivity index (χ1n) is 8.40. The van der Waals surface area contributed by atoms with Crippen molar-refractivity contribution in [1.82, 2.24) is 4.90 Å². The summed E-state index contributed by atoms with van der Waals surface area (Å²) in [5.41, 5.74) is 1.93. The van der Waals surface area contributed by atoms with E-state index in [0.717, 1.165) is 11.4 Å². The van der Waals surface area contributed by atoms with E-state index in [1.807, 2.05) is 17.3 Å². The average Bonchev–Trinajstić information content (AvgIpc) is 2.73. The molecule has 6 heteroatoms. The number of carbonyl (C=O) groups excluding carboxylic acids is 2. The van der Waals surface area contributed by atoms with E-state index in [1.165, 1.54) is 0 Å². The van der Waals surface area contributed by atoms with Crippen molar-refractivity contribution in [3.05, 3.63) is 53.6 Å². The van der Waals surface area contributed by atoms with Gasteiger partial charge >= 0.3 is 0 Å². The number of rotatable bonds is 5. The molecule has 1 radical (unpaired) electrons. The van der Waals surface area contributed by atoms with Crippen LogP contribution >= 0.6 is 0 Å². The van der Waals surface area contributed by atoms with Crippen LogP contribution in [0.3, 0.4) is 0 Å². The van der Waals surface area contributed by atoms with Gasteiger partial charge in [0.15, 0.2) is 0 Å². The molecule has 0 spiro atoms. The molecule has 0 bridgehead atoms. The third-order valence-corrected chi connectivity index (χ3v) is 4.56. The Hall–Kier alpha value is -3.02. The maximum Gasteiger partial charge on any atom is 0.253 e. The Morgan fingerprint density at radius 2 is 1.54 bits per heavy atom. The number of hydrogen-bond donors (Lipinski definition) is 0. The zero-order valence-corrected chi connectivity index (χ0v) is 14.9. The number of anilines is 1. The highest BCUT2D eigenvalue weighted by atomic mass is 16.5. The first-order valence-corrected chi connectivity index (χ1v) is 8.40. The fourth-order valence-corrected chi connectivity index (χ4v) is 3.05. The highest BCUT2D eigenvalue weighted by molar-refractivity contribution is 5.94. The van der Waals surface area contributed by atoms with Gasteiger partial charge in [-0.3, -0.25) is 9.59 Å². The molecular weight excluding hydrogens is 332 g/mol. The smallest absolute Gasteiger partial charge is 0.253 e. The maximum atomic E-state index is 12.7. The topological polar surface area (TPSA) is 59.1 Å². The molecular formula is C20H21N2O4. The van der Waals surface area contributed by atoms with Gasteiger partial charge in [-0.1, -0.05) is 0 Å². The Balaban J connectivity index is 1.69. The molecule has 1 fully saturated rings. The number of piperazine rings is 1. The summed E-state index contributed by atoms with van der Waals surface area (Å²) in [6.07, 6.45) is 1.98. The molecule has 0 N–H and O–H groups in total. The molecule has 1 aliphatic heterocycles. The molecule has 2 aromatic carbocycles.